The first kappa shape index (κ1) is 13.4. The number of aryl methyl sites for hydroxylation is 1. The van der Waals surface area contributed by atoms with Gasteiger partial charge < -0.3 is 16.2 Å². The Morgan fingerprint density at radius 2 is 2.26 bits per heavy atom. The Balaban J connectivity index is 2.09. The molecule has 7 nitrogen and oxygen atoms in total. The zero-order valence-electron chi connectivity index (χ0n) is 9.84. The Morgan fingerprint density at radius 3 is 2.84 bits per heavy atom. The van der Waals surface area contributed by atoms with Crippen LogP contribution in [0, 0.1) is 6.92 Å². The normalized spacial score (nSPS) is 10.4. The summed E-state index contributed by atoms with van der Waals surface area (Å²) in [7, 11) is 0. The smallest absolute Gasteiger partial charge is 0.340 e. The molecule has 100 valence electrons. The molecule has 4 N–H and O–H groups in total. The SMILES string of the molecule is Cc1nsc(NC(=O)Cc2csc(N)n2)c1C(=O)O. The number of carboxylic acids is 1. The van der Waals surface area contributed by atoms with E-state index in [2.05, 4.69) is 14.7 Å². The molecule has 0 spiro atoms. The van der Waals surface area contributed by atoms with E-state index in [-0.39, 0.29) is 22.9 Å². The molecule has 2 heterocycles. The average molecular weight is 298 g/mol. The highest BCUT2D eigenvalue weighted by molar-refractivity contribution is 7.13. The van der Waals surface area contributed by atoms with Crippen molar-refractivity contribution >= 4 is 44.9 Å². The molecule has 2 rings (SSSR count). The maximum Gasteiger partial charge on any atom is 0.340 e. The monoisotopic (exact) mass is 298 g/mol. The minimum Gasteiger partial charge on any atom is -0.478 e. The molecule has 19 heavy (non-hydrogen) atoms. The first-order valence-corrected chi connectivity index (χ1v) is 6.82. The Labute approximate surface area is 116 Å². The number of hydrogen-bond donors (Lipinski definition) is 3. The van der Waals surface area contributed by atoms with Gasteiger partial charge in [0.15, 0.2) is 5.13 Å². The van der Waals surface area contributed by atoms with Gasteiger partial charge >= 0.3 is 5.97 Å². The van der Waals surface area contributed by atoms with Crippen LogP contribution in [-0.4, -0.2) is 26.3 Å². The van der Waals surface area contributed by atoms with Crippen molar-refractivity contribution in [2.24, 2.45) is 0 Å². The van der Waals surface area contributed by atoms with Crippen LogP contribution < -0.4 is 11.1 Å². The minimum atomic E-state index is -1.11. The molecule has 0 aliphatic carbocycles. The lowest BCUT2D eigenvalue weighted by atomic mass is 10.2. The number of nitrogen functional groups attached to an aromatic ring is 1. The molecule has 0 bridgehead atoms. The van der Waals surface area contributed by atoms with E-state index in [1.165, 1.54) is 11.3 Å². The van der Waals surface area contributed by atoms with Gasteiger partial charge in [0.25, 0.3) is 0 Å². The number of aromatic carboxylic acids is 1. The molecular weight excluding hydrogens is 288 g/mol. The lowest BCUT2D eigenvalue weighted by molar-refractivity contribution is -0.115. The third kappa shape index (κ3) is 3.06. The van der Waals surface area contributed by atoms with Crippen LogP contribution in [0.1, 0.15) is 21.7 Å². The number of thiazole rings is 1. The van der Waals surface area contributed by atoms with Crippen LogP contribution in [0.25, 0.3) is 0 Å². The summed E-state index contributed by atoms with van der Waals surface area (Å²) in [4.78, 5) is 26.8. The van der Waals surface area contributed by atoms with Crippen molar-refractivity contribution in [3.8, 4) is 0 Å². The van der Waals surface area contributed by atoms with E-state index in [1.54, 1.807) is 12.3 Å². The number of aromatic nitrogens is 2. The molecule has 9 heteroatoms. The number of carbonyl (C=O) groups excluding carboxylic acids is 1. The molecule has 0 fully saturated rings. The van der Waals surface area contributed by atoms with E-state index >= 15 is 0 Å². The summed E-state index contributed by atoms with van der Waals surface area (Å²) in [6.45, 7) is 1.58. The summed E-state index contributed by atoms with van der Waals surface area (Å²) in [6.07, 6.45) is 0.0453. The average Bonchev–Trinajstić information content (AvgIpc) is 2.85. The zero-order valence-corrected chi connectivity index (χ0v) is 11.5. The number of nitrogens with zero attached hydrogens (tertiary/aromatic N) is 2. The van der Waals surface area contributed by atoms with Crippen LogP contribution in [0.15, 0.2) is 5.38 Å². The van der Waals surface area contributed by atoms with Gasteiger partial charge in [-0.3, -0.25) is 4.79 Å². The minimum absolute atomic E-state index is 0.0242. The van der Waals surface area contributed by atoms with Crippen molar-refractivity contribution in [1.29, 1.82) is 0 Å². The van der Waals surface area contributed by atoms with Gasteiger partial charge in [-0.25, -0.2) is 9.78 Å². The second kappa shape index (κ2) is 5.33. The molecule has 0 saturated carbocycles. The molecule has 2 aromatic heterocycles. The topological polar surface area (TPSA) is 118 Å². The standard InChI is InChI=1S/C10H10N4O3S2/c1-4-7(9(16)17)8(19-14-4)13-6(15)2-5-3-18-10(11)12-5/h3H,2H2,1H3,(H2,11,12)(H,13,15)(H,16,17). The molecule has 0 saturated heterocycles. The molecule has 2 aromatic rings. The number of rotatable bonds is 4. The fraction of sp³-hybridized carbons (Fsp3) is 0.200. The fourth-order valence-corrected chi connectivity index (χ4v) is 2.81. The summed E-state index contributed by atoms with van der Waals surface area (Å²) in [6, 6.07) is 0. The highest BCUT2D eigenvalue weighted by atomic mass is 32.1. The third-order valence-electron chi connectivity index (χ3n) is 2.24. The predicted molar refractivity (Wildman–Crippen MR) is 72.7 cm³/mol. The van der Waals surface area contributed by atoms with E-state index in [0.717, 1.165) is 11.5 Å². The number of hydrogen-bond acceptors (Lipinski definition) is 7. The Bertz CT molecular complexity index is 635. The fourth-order valence-electron chi connectivity index (χ4n) is 1.45. The summed E-state index contributed by atoms with van der Waals surface area (Å²) < 4.78 is 3.91. The van der Waals surface area contributed by atoms with Gasteiger partial charge in [0, 0.05) is 5.38 Å². The van der Waals surface area contributed by atoms with Crippen molar-refractivity contribution in [2.75, 3.05) is 11.1 Å². The van der Waals surface area contributed by atoms with Gasteiger partial charge in [0.1, 0.15) is 10.6 Å². The molecule has 0 atom stereocenters. The molecular formula is C10H10N4O3S2. The van der Waals surface area contributed by atoms with Crippen LogP contribution in [-0.2, 0) is 11.2 Å². The lowest BCUT2D eigenvalue weighted by Crippen LogP contribution is -2.16. The second-order valence-corrected chi connectivity index (χ2v) is 5.34. The Hall–Kier alpha value is -2.00. The van der Waals surface area contributed by atoms with Crippen LogP contribution in [0.2, 0.25) is 0 Å². The number of anilines is 2. The number of carbonyl (C=O) groups is 2. The number of carboxylic acid groups (broad SMARTS) is 1. The van der Waals surface area contributed by atoms with Gasteiger partial charge in [-0.2, -0.15) is 4.37 Å². The van der Waals surface area contributed by atoms with E-state index in [4.69, 9.17) is 10.8 Å². The maximum atomic E-state index is 11.8. The molecule has 0 aliphatic rings. The Morgan fingerprint density at radius 1 is 1.53 bits per heavy atom. The molecule has 0 unspecified atom stereocenters. The van der Waals surface area contributed by atoms with Gasteiger partial charge in [0.2, 0.25) is 5.91 Å². The summed E-state index contributed by atoms with van der Waals surface area (Å²) >= 11 is 2.19. The number of amides is 1. The summed E-state index contributed by atoms with van der Waals surface area (Å²) in [5.74, 6) is -1.46. The number of nitrogens with two attached hydrogens (primary N) is 1. The van der Waals surface area contributed by atoms with Crippen molar-refractivity contribution in [1.82, 2.24) is 9.36 Å². The van der Waals surface area contributed by atoms with Crippen LogP contribution >= 0.6 is 22.9 Å². The van der Waals surface area contributed by atoms with E-state index < -0.39 is 5.97 Å². The largest absolute Gasteiger partial charge is 0.478 e. The lowest BCUT2D eigenvalue weighted by Gasteiger charge is -2.02. The van der Waals surface area contributed by atoms with Gasteiger partial charge in [-0.15, -0.1) is 11.3 Å². The molecule has 0 aromatic carbocycles. The molecule has 1 amide bonds. The maximum absolute atomic E-state index is 11.8. The number of nitrogens with one attached hydrogen (secondary N) is 1. The van der Waals surface area contributed by atoms with Crippen molar-refractivity contribution < 1.29 is 14.7 Å². The first-order valence-electron chi connectivity index (χ1n) is 5.16. The predicted octanol–water partition coefficient (Wildman–Crippen LogP) is 1.37. The zero-order chi connectivity index (χ0) is 14.0. The Kier molecular flexibility index (Phi) is 3.76. The first-order chi connectivity index (χ1) is 8.97. The van der Waals surface area contributed by atoms with Crippen LogP contribution in [0.5, 0.6) is 0 Å². The summed E-state index contributed by atoms with van der Waals surface area (Å²) in [5, 5.41) is 13.9. The molecule has 0 aliphatic heterocycles. The van der Waals surface area contributed by atoms with Crippen molar-refractivity contribution in [3.63, 3.8) is 0 Å². The highest BCUT2D eigenvalue weighted by Crippen LogP contribution is 2.24. The molecule has 0 radical (unpaired) electrons. The van der Waals surface area contributed by atoms with E-state index in [0.29, 0.717) is 16.5 Å². The second-order valence-electron chi connectivity index (χ2n) is 3.68. The van der Waals surface area contributed by atoms with Crippen molar-refractivity contribution in [3.05, 3.63) is 22.3 Å². The van der Waals surface area contributed by atoms with E-state index in [9.17, 15) is 9.59 Å². The van der Waals surface area contributed by atoms with Gasteiger partial charge in [0.05, 0.1) is 17.8 Å². The quantitative estimate of drug-likeness (QED) is 0.784. The highest BCUT2D eigenvalue weighted by Gasteiger charge is 2.19. The third-order valence-corrected chi connectivity index (χ3v) is 3.82. The van der Waals surface area contributed by atoms with Gasteiger partial charge in [-0.05, 0) is 18.5 Å². The van der Waals surface area contributed by atoms with Crippen molar-refractivity contribution in [2.45, 2.75) is 13.3 Å². The van der Waals surface area contributed by atoms with Crippen LogP contribution in [0.3, 0.4) is 0 Å². The summed E-state index contributed by atoms with van der Waals surface area (Å²) in [5.41, 5.74) is 6.42. The van der Waals surface area contributed by atoms with E-state index in [1.807, 2.05) is 0 Å². The van der Waals surface area contributed by atoms with Crippen LogP contribution in [0.4, 0.5) is 10.1 Å². The van der Waals surface area contributed by atoms with Gasteiger partial charge in [-0.1, -0.05) is 0 Å².